The summed E-state index contributed by atoms with van der Waals surface area (Å²) >= 11 is 0.829. The molecule has 36 heteroatoms. The van der Waals surface area contributed by atoms with Gasteiger partial charge >= 0.3 is 5.97 Å². The van der Waals surface area contributed by atoms with Gasteiger partial charge in [-0.15, -0.1) is 11.8 Å². The van der Waals surface area contributed by atoms with Gasteiger partial charge in [0.05, 0.1) is 25.3 Å². The molecule has 7 aromatic rings. The zero-order chi connectivity index (χ0) is 95.2. The standard InChI is InChI=1S/C94H120N16O19S/c1-12-13-33-75-92(127)106(7)52-79(114)98-71(49-81(116)117)88(123)105-82(56(4)5)94(129)109(10)76(46-59-27-19-15-20-28-59)89(124)103-73(45-62-36-40-65(112)41-37-62)90(125)107(8)57(6)83(118)100-70(48-63-50-96-67-32-24-23-31-66(63)67)87(122)102-69(43-61-34-38-64(111)39-35-61)86(121)101-68(42-55(2)3)85(120)104-74(84(119)97-51-78(95)113)53-130-54-80(115)99-72(44-58-25-17-14-18-26-58)91(126)110(11)77(93(128)108(75)9)47-60-29-21-16-22-30-60/h14-32,34-41,50,55-57,68-77,82,96,111-112H,12-13,33,42-49,51-54H2,1-11H3,(H2,95,113)(H,97,119)(H,98,114)(H,99,115)(H,100,118)(H,101,121)(H,102,122)(H,103,124)(H,104,120)(H,105,123)(H,116,117)/t57-,68+,69+,70+,71+,72+,73+,74+,75+,76+,77+,82+/m1/s1. The van der Waals surface area contributed by atoms with E-state index in [4.69, 9.17) is 5.73 Å². The van der Waals surface area contributed by atoms with Gasteiger partial charge in [0.2, 0.25) is 88.6 Å². The average Bonchev–Trinajstić information content (AvgIpc) is 1.67. The number of primary amides is 1. The van der Waals surface area contributed by atoms with E-state index in [9.17, 15) is 48.9 Å². The number of aromatic hydroxyl groups is 2. The second-order valence-electron chi connectivity index (χ2n) is 33.4. The van der Waals surface area contributed by atoms with Crippen LogP contribution in [-0.4, -0.2) is 272 Å². The van der Waals surface area contributed by atoms with Crippen molar-refractivity contribution in [2.24, 2.45) is 17.6 Å². The highest BCUT2D eigenvalue weighted by Gasteiger charge is 2.43. The molecule has 0 aliphatic carbocycles. The number of phenolic OH excluding ortho intramolecular Hbond substituents is 2. The molecule has 0 saturated carbocycles. The highest BCUT2D eigenvalue weighted by atomic mass is 32.2. The van der Waals surface area contributed by atoms with Crippen LogP contribution in [0.1, 0.15) is 107 Å². The summed E-state index contributed by atoms with van der Waals surface area (Å²) in [6.07, 6.45) is 0.0675. The Morgan fingerprint density at radius 3 is 1.47 bits per heavy atom. The number of carboxylic acids is 1. The van der Waals surface area contributed by atoms with Crippen molar-refractivity contribution in [2.75, 3.05) is 59.8 Å². The Morgan fingerprint density at radius 2 is 0.923 bits per heavy atom. The number of phenols is 2. The molecule has 2 heterocycles. The van der Waals surface area contributed by atoms with E-state index in [1.807, 2.05) is 6.92 Å². The molecule has 12 atom stereocenters. The summed E-state index contributed by atoms with van der Waals surface area (Å²) < 4.78 is 0. The Hall–Kier alpha value is -13.7. The van der Waals surface area contributed by atoms with Gasteiger partial charge < -0.3 is 98.4 Å². The number of aromatic nitrogens is 1. The summed E-state index contributed by atoms with van der Waals surface area (Å²) in [7, 11) is 6.56. The zero-order valence-corrected chi connectivity index (χ0v) is 75.8. The lowest BCUT2D eigenvalue weighted by Crippen LogP contribution is -2.62. The number of fused-ring (bicyclic) bond motifs is 1. The number of hydrogen-bond donors (Lipinski definition) is 14. The van der Waals surface area contributed by atoms with Gasteiger partial charge in [0, 0.05) is 96.6 Å². The molecule has 6 aromatic carbocycles. The number of amides is 15. The van der Waals surface area contributed by atoms with Gasteiger partial charge in [-0.25, -0.2) is 0 Å². The topological polar surface area (TPSA) is 500 Å². The lowest BCUT2D eigenvalue weighted by atomic mass is 9.98. The second kappa shape index (κ2) is 49.0. The van der Waals surface area contributed by atoms with Crippen LogP contribution >= 0.6 is 11.8 Å². The van der Waals surface area contributed by atoms with Crippen molar-refractivity contribution in [3.63, 3.8) is 0 Å². The largest absolute Gasteiger partial charge is 0.508 e. The number of carbonyl (C=O) groups excluding carboxylic acids is 15. The van der Waals surface area contributed by atoms with E-state index in [1.165, 1.54) is 100 Å². The molecule has 1 saturated heterocycles. The first-order valence-corrected chi connectivity index (χ1v) is 44.3. The van der Waals surface area contributed by atoms with Gasteiger partial charge in [0.15, 0.2) is 0 Å². The van der Waals surface area contributed by atoms with Gasteiger partial charge in [-0.3, -0.25) is 76.7 Å². The number of para-hydroxylation sites is 1. The zero-order valence-electron chi connectivity index (χ0n) is 75.0. The van der Waals surface area contributed by atoms with Crippen molar-refractivity contribution in [3.8, 4) is 11.5 Å². The number of aliphatic carboxylic acids is 1. The van der Waals surface area contributed by atoms with Crippen molar-refractivity contribution in [3.05, 3.63) is 203 Å². The number of benzene rings is 6. The molecule has 15 amide bonds. The van der Waals surface area contributed by atoms with Gasteiger partial charge in [0.1, 0.15) is 84.0 Å². The summed E-state index contributed by atoms with van der Waals surface area (Å²) in [6, 6.07) is 25.7. The van der Waals surface area contributed by atoms with E-state index in [1.54, 1.807) is 149 Å². The van der Waals surface area contributed by atoms with E-state index in [0.29, 0.717) is 57.1 Å². The van der Waals surface area contributed by atoms with Crippen LogP contribution in [0.3, 0.4) is 0 Å². The fourth-order valence-corrected chi connectivity index (χ4v) is 15.9. The van der Waals surface area contributed by atoms with Gasteiger partial charge in [-0.05, 0) is 95.3 Å². The number of carboxylic acid groups (broad SMARTS) is 1. The normalized spacial score (nSPS) is 22.4. The number of nitrogens with two attached hydrogens (primary N) is 1. The molecule has 130 heavy (non-hydrogen) atoms. The first kappa shape index (κ1) is 102. The summed E-state index contributed by atoms with van der Waals surface area (Å²) in [6.45, 7) is 8.32. The Kier molecular flexibility index (Phi) is 38.4. The maximum Gasteiger partial charge on any atom is 0.305 e. The third-order valence-electron chi connectivity index (χ3n) is 22.6. The monoisotopic (exact) mass is 1810 g/mol. The maximum atomic E-state index is 15.5. The molecule has 0 spiro atoms. The van der Waals surface area contributed by atoms with E-state index in [2.05, 4.69) is 52.8 Å². The molecule has 35 nitrogen and oxygen atoms in total. The summed E-state index contributed by atoms with van der Waals surface area (Å²) in [5.74, 6) is -17.5. The van der Waals surface area contributed by atoms with Crippen molar-refractivity contribution in [1.29, 1.82) is 0 Å². The van der Waals surface area contributed by atoms with Crippen molar-refractivity contribution in [1.82, 2.24) is 77.3 Å². The first-order chi connectivity index (χ1) is 61.8. The van der Waals surface area contributed by atoms with Crippen molar-refractivity contribution < 1.29 is 92.0 Å². The predicted octanol–water partition coefficient (Wildman–Crippen LogP) is 2.72. The van der Waals surface area contributed by atoms with Crippen LogP contribution in [0.2, 0.25) is 0 Å². The Balaban J connectivity index is 1.22. The summed E-state index contributed by atoms with van der Waals surface area (Å²) in [5.41, 5.74) is 9.11. The highest BCUT2D eigenvalue weighted by molar-refractivity contribution is 8.00. The van der Waals surface area contributed by atoms with E-state index >= 15 is 43.2 Å². The predicted molar refractivity (Wildman–Crippen MR) is 487 cm³/mol. The number of hydrogen-bond acceptors (Lipinski definition) is 19. The average molecular weight is 1810 g/mol. The van der Waals surface area contributed by atoms with Crippen LogP contribution in [0, 0.1) is 11.8 Å². The lowest BCUT2D eigenvalue weighted by molar-refractivity contribution is -0.151. The molecular formula is C94H120N16O19S. The molecular weight excluding hydrogens is 1690 g/mol. The summed E-state index contributed by atoms with van der Waals surface area (Å²) in [5, 5.41) is 55.8. The van der Waals surface area contributed by atoms with Crippen LogP contribution in [0.25, 0.3) is 10.9 Å². The van der Waals surface area contributed by atoms with Crippen LogP contribution in [-0.2, 0) is 115 Å². The van der Waals surface area contributed by atoms with E-state index in [-0.39, 0.29) is 74.5 Å². The number of aromatic amines is 1. The van der Waals surface area contributed by atoms with Crippen LogP contribution in [0.4, 0.5) is 0 Å². The lowest BCUT2D eigenvalue weighted by Gasteiger charge is -2.37. The van der Waals surface area contributed by atoms with Gasteiger partial charge in [-0.1, -0.05) is 181 Å². The third kappa shape index (κ3) is 30.0. The number of carbonyl (C=O) groups is 16. The third-order valence-corrected chi connectivity index (χ3v) is 23.6. The maximum absolute atomic E-state index is 15.5. The molecule has 1 aliphatic heterocycles. The molecule has 0 bridgehead atoms. The number of nitrogens with one attached hydrogen (secondary N) is 10. The number of rotatable bonds is 23. The molecule has 0 radical (unpaired) electrons. The minimum Gasteiger partial charge on any atom is -0.508 e. The van der Waals surface area contributed by atoms with Crippen LogP contribution < -0.4 is 53.6 Å². The second-order valence-corrected chi connectivity index (χ2v) is 34.5. The molecule has 1 aliphatic rings. The number of H-pyrrole nitrogens is 1. The molecule has 1 aromatic heterocycles. The quantitative estimate of drug-likeness (QED) is 0.0438. The number of thioether (sulfide) groups is 1. The molecule has 8 rings (SSSR count). The first-order valence-electron chi connectivity index (χ1n) is 43.1. The Labute approximate surface area is 759 Å². The molecule has 0 unspecified atom stereocenters. The van der Waals surface area contributed by atoms with Crippen LogP contribution in [0.5, 0.6) is 11.5 Å². The Bertz CT molecular complexity index is 5100. The highest BCUT2D eigenvalue weighted by Crippen LogP contribution is 2.25. The Morgan fingerprint density at radius 1 is 0.469 bits per heavy atom. The smallest absolute Gasteiger partial charge is 0.305 e. The fourth-order valence-electron chi connectivity index (χ4n) is 15.1. The minimum atomic E-state index is -1.91. The molecule has 696 valence electrons. The number of likely N-dealkylation sites (N-methyl/N-ethyl adjacent to an activating group) is 5. The summed E-state index contributed by atoms with van der Waals surface area (Å²) in [4.78, 5) is 244. The molecule has 1 fully saturated rings. The number of unbranched alkanes of at least 4 members (excludes halogenated alkanes) is 1. The van der Waals surface area contributed by atoms with Crippen molar-refractivity contribution >= 4 is 117 Å². The minimum absolute atomic E-state index is 0.0292. The fraction of sp³-hybridized carbons (Fsp3) is 0.426. The van der Waals surface area contributed by atoms with Crippen molar-refractivity contribution in [2.45, 2.75) is 185 Å². The van der Waals surface area contributed by atoms with Gasteiger partial charge in [-0.2, -0.15) is 0 Å². The van der Waals surface area contributed by atoms with E-state index in [0.717, 1.165) is 26.5 Å². The SMILES string of the molecule is CCCC[C@H]1C(=O)N(C)CC(=O)N[C@@H](CC(=O)O)C(=O)N[C@@H](C(C)C)C(=O)N(C)[C@@H](Cc2ccccc2)C(=O)N[C@@H](Cc2ccc(O)cc2)C(=O)N(C)[C@H](C)C(=O)N[C@@H](Cc2c[nH]c3ccccc23)C(=O)N[C@@H](Cc2ccc(O)cc2)C(=O)N[C@@H](CC(C)C)C(=O)N[C@H](C(=O)NCC(N)=O)CSCC(=O)N[C@@H](Cc2ccccc2)C(=O)N(C)[C@@H](Cc2ccccc2)C(=O)N1C. The van der Waals surface area contributed by atoms with Crippen LogP contribution in [0.15, 0.2) is 170 Å². The molecule has 15 N–H and O–H groups in total. The number of nitrogens with zero attached hydrogens (tertiary/aromatic N) is 5. The van der Waals surface area contributed by atoms with E-state index < -0.39 is 198 Å². The van der Waals surface area contributed by atoms with Gasteiger partial charge in [0.25, 0.3) is 0 Å².